The van der Waals surface area contributed by atoms with Gasteiger partial charge in [0.05, 0.1) is 13.2 Å². The molecule has 0 saturated carbocycles. The van der Waals surface area contributed by atoms with Gasteiger partial charge in [-0.1, -0.05) is 43.3 Å². The molecule has 3 nitrogen and oxygen atoms in total. The molecule has 1 aliphatic rings. The van der Waals surface area contributed by atoms with Crippen LogP contribution in [0.1, 0.15) is 41.8 Å². The summed E-state index contributed by atoms with van der Waals surface area (Å²) < 4.78 is 7.85. The van der Waals surface area contributed by atoms with Crippen LogP contribution in [-0.4, -0.2) is 23.1 Å². The average Bonchev–Trinajstić information content (AvgIpc) is 3.10. The van der Waals surface area contributed by atoms with Crippen LogP contribution in [0.4, 0.5) is 0 Å². The van der Waals surface area contributed by atoms with Gasteiger partial charge >= 0.3 is 0 Å². The third-order valence-corrected chi connectivity index (χ3v) is 5.58. The van der Waals surface area contributed by atoms with Gasteiger partial charge in [0.15, 0.2) is 0 Å². The van der Waals surface area contributed by atoms with Gasteiger partial charge in [0.25, 0.3) is 0 Å². The number of hydrogen-bond acceptors (Lipinski definition) is 2. The first-order valence-electron chi connectivity index (χ1n) is 9.89. The van der Waals surface area contributed by atoms with Crippen molar-refractivity contribution in [1.29, 1.82) is 0 Å². The molecule has 1 unspecified atom stereocenters. The van der Waals surface area contributed by atoms with Crippen molar-refractivity contribution < 1.29 is 4.74 Å². The smallest absolute Gasteiger partial charge is 0.119 e. The molecule has 0 aliphatic carbocycles. The number of benzene rings is 2. The Labute approximate surface area is 162 Å². The summed E-state index contributed by atoms with van der Waals surface area (Å²) in [5.41, 5.74) is 5.45. The molecule has 0 bridgehead atoms. The minimum Gasteiger partial charge on any atom is -0.497 e. The number of ether oxygens (including phenoxy) is 1. The van der Waals surface area contributed by atoms with Gasteiger partial charge in [0.2, 0.25) is 0 Å². The lowest BCUT2D eigenvalue weighted by Gasteiger charge is -2.31. The van der Waals surface area contributed by atoms with Crippen LogP contribution >= 0.6 is 0 Å². The van der Waals surface area contributed by atoms with E-state index < -0.39 is 0 Å². The van der Waals surface area contributed by atoms with Crippen LogP contribution < -0.4 is 4.74 Å². The summed E-state index contributed by atoms with van der Waals surface area (Å²) in [6.07, 6.45) is 4.46. The summed E-state index contributed by atoms with van der Waals surface area (Å²) >= 11 is 0. The van der Waals surface area contributed by atoms with E-state index >= 15 is 0 Å². The molecule has 0 saturated heterocycles. The van der Waals surface area contributed by atoms with E-state index in [-0.39, 0.29) is 6.04 Å². The zero-order valence-corrected chi connectivity index (χ0v) is 16.3. The van der Waals surface area contributed by atoms with Gasteiger partial charge in [-0.2, -0.15) is 0 Å². The predicted molar refractivity (Wildman–Crippen MR) is 110 cm³/mol. The van der Waals surface area contributed by atoms with E-state index in [4.69, 9.17) is 4.74 Å². The fraction of sp³-hybridized carbons (Fsp3) is 0.333. The Hall–Kier alpha value is -2.52. The van der Waals surface area contributed by atoms with E-state index in [0.29, 0.717) is 0 Å². The summed E-state index contributed by atoms with van der Waals surface area (Å²) in [6, 6.07) is 22.4. The van der Waals surface area contributed by atoms with Gasteiger partial charge in [-0.15, -0.1) is 0 Å². The lowest BCUT2D eigenvalue weighted by atomic mass is 9.99. The second kappa shape index (κ2) is 8.01. The van der Waals surface area contributed by atoms with Crippen LogP contribution in [0, 0.1) is 0 Å². The van der Waals surface area contributed by atoms with Crippen molar-refractivity contribution >= 4 is 0 Å². The number of nitrogens with zero attached hydrogens (tertiary/aromatic N) is 2. The van der Waals surface area contributed by atoms with Gasteiger partial charge < -0.3 is 9.30 Å². The van der Waals surface area contributed by atoms with Crippen LogP contribution in [0.3, 0.4) is 0 Å². The van der Waals surface area contributed by atoms with Crippen LogP contribution in [-0.2, 0) is 19.5 Å². The molecule has 3 heteroatoms. The Kier molecular flexibility index (Phi) is 5.30. The lowest BCUT2D eigenvalue weighted by Crippen LogP contribution is -2.29. The largest absolute Gasteiger partial charge is 0.497 e. The number of aromatic nitrogens is 1. The van der Waals surface area contributed by atoms with Crippen molar-refractivity contribution in [3.63, 3.8) is 0 Å². The van der Waals surface area contributed by atoms with E-state index in [1.165, 1.54) is 22.4 Å². The first kappa shape index (κ1) is 17.9. The van der Waals surface area contributed by atoms with Crippen LogP contribution in [0.15, 0.2) is 66.9 Å². The maximum atomic E-state index is 5.43. The average molecular weight is 361 g/mol. The predicted octanol–water partition coefficient (Wildman–Crippen LogP) is 5.05. The molecule has 4 rings (SSSR count). The monoisotopic (exact) mass is 360 g/mol. The molecular formula is C24H28N2O. The molecule has 2 aromatic carbocycles. The Bertz CT molecular complexity index is 881. The topological polar surface area (TPSA) is 17.4 Å². The van der Waals surface area contributed by atoms with Crippen LogP contribution in [0.2, 0.25) is 0 Å². The summed E-state index contributed by atoms with van der Waals surface area (Å²) in [6.45, 7) is 5.29. The fourth-order valence-electron chi connectivity index (χ4n) is 4.13. The van der Waals surface area contributed by atoms with Crippen molar-refractivity contribution in [2.75, 3.05) is 13.7 Å². The number of rotatable bonds is 5. The third kappa shape index (κ3) is 3.79. The molecule has 1 atom stereocenters. The van der Waals surface area contributed by atoms with E-state index in [1.807, 2.05) is 6.07 Å². The highest BCUT2D eigenvalue weighted by Gasteiger charge is 2.27. The highest BCUT2D eigenvalue weighted by Crippen LogP contribution is 2.33. The lowest BCUT2D eigenvalue weighted by molar-refractivity contribution is 0.220. The maximum Gasteiger partial charge on any atom is 0.119 e. The number of aryl methyl sites for hydroxylation is 2. The number of methoxy groups -OCH3 is 1. The zero-order valence-electron chi connectivity index (χ0n) is 16.3. The van der Waals surface area contributed by atoms with Crippen molar-refractivity contribution in [1.82, 2.24) is 9.47 Å². The highest BCUT2D eigenvalue weighted by molar-refractivity contribution is 5.33. The molecule has 0 N–H and O–H groups in total. The second-order valence-corrected chi connectivity index (χ2v) is 7.30. The first-order chi connectivity index (χ1) is 13.3. The first-order valence-corrected chi connectivity index (χ1v) is 9.89. The van der Waals surface area contributed by atoms with Crippen molar-refractivity contribution in [2.24, 2.45) is 0 Å². The molecule has 1 aliphatic heterocycles. The van der Waals surface area contributed by atoms with E-state index in [1.54, 1.807) is 7.11 Å². The second-order valence-electron chi connectivity index (χ2n) is 7.30. The Balaban J connectivity index is 1.70. The molecule has 140 valence electrons. The standard InChI is InChI=1S/C24H28N2O/c1-3-19-10-12-21(13-11-19)24-23-9-5-14-25(23)15-6-16-26(24)18-20-7-4-8-22(17-20)27-2/h4-5,7-14,17,24H,3,6,15-16,18H2,1-2H3. The van der Waals surface area contributed by atoms with Crippen molar-refractivity contribution in [2.45, 2.75) is 38.9 Å². The number of fused-ring (bicyclic) bond motifs is 1. The summed E-state index contributed by atoms with van der Waals surface area (Å²) in [7, 11) is 1.73. The number of hydrogen-bond donors (Lipinski definition) is 0. The van der Waals surface area contributed by atoms with Crippen LogP contribution in [0.5, 0.6) is 5.75 Å². The maximum absolute atomic E-state index is 5.43. The fourth-order valence-corrected chi connectivity index (χ4v) is 4.13. The third-order valence-electron chi connectivity index (χ3n) is 5.58. The summed E-state index contributed by atoms with van der Waals surface area (Å²) in [5.74, 6) is 0.926. The van der Waals surface area contributed by atoms with Gasteiger partial charge in [-0.05, 0) is 53.8 Å². The van der Waals surface area contributed by atoms with Crippen molar-refractivity contribution in [3.05, 3.63) is 89.2 Å². The van der Waals surface area contributed by atoms with Gasteiger partial charge in [-0.3, -0.25) is 4.90 Å². The normalized spacial score (nSPS) is 17.3. The van der Waals surface area contributed by atoms with E-state index in [9.17, 15) is 0 Å². The summed E-state index contributed by atoms with van der Waals surface area (Å²) in [4.78, 5) is 2.61. The highest BCUT2D eigenvalue weighted by atomic mass is 16.5. The van der Waals surface area contributed by atoms with E-state index in [2.05, 4.69) is 77.2 Å². The minimum absolute atomic E-state index is 0.277. The molecule has 0 amide bonds. The quantitative estimate of drug-likeness (QED) is 0.633. The van der Waals surface area contributed by atoms with Gasteiger partial charge in [-0.25, -0.2) is 0 Å². The molecular weight excluding hydrogens is 332 g/mol. The zero-order chi connectivity index (χ0) is 18.6. The van der Waals surface area contributed by atoms with E-state index in [0.717, 1.165) is 38.2 Å². The molecule has 0 spiro atoms. The van der Waals surface area contributed by atoms with Crippen LogP contribution in [0.25, 0.3) is 0 Å². The molecule has 3 aromatic rings. The molecule has 27 heavy (non-hydrogen) atoms. The van der Waals surface area contributed by atoms with Gasteiger partial charge in [0, 0.05) is 31.5 Å². The molecule has 1 aromatic heterocycles. The Morgan fingerprint density at radius 1 is 0.963 bits per heavy atom. The Morgan fingerprint density at radius 2 is 1.81 bits per heavy atom. The molecule has 0 fully saturated rings. The Morgan fingerprint density at radius 3 is 2.59 bits per heavy atom. The molecule has 2 heterocycles. The van der Waals surface area contributed by atoms with Crippen molar-refractivity contribution in [3.8, 4) is 5.75 Å². The molecule has 0 radical (unpaired) electrons. The summed E-state index contributed by atoms with van der Waals surface area (Å²) in [5, 5.41) is 0. The minimum atomic E-state index is 0.277. The van der Waals surface area contributed by atoms with Gasteiger partial charge in [0.1, 0.15) is 5.75 Å². The SMILES string of the molecule is CCc1ccc(C2c3cccn3CCCN2Cc2cccc(OC)c2)cc1.